The van der Waals surface area contributed by atoms with Gasteiger partial charge in [-0.3, -0.25) is 14.5 Å². The zero-order chi connectivity index (χ0) is 23.7. The highest BCUT2D eigenvalue weighted by atomic mass is 35.5. The molecule has 0 spiro atoms. The normalized spacial score (nSPS) is 17.4. The first-order valence-electron chi connectivity index (χ1n) is 10.2. The number of Topliss-reactive ketones (excluding diaryl/α,β-unsaturated/α-hetero) is 1. The van der Waals surface area contributed by atoms with Gasteiger partial charge in [-0.05, 0) is 55.8 Å². The molecule has 0 unspecified atom stereocenters. The molecule has 6 nitrogen and oxygen atoms in total. The average molecular weight is 481 g/mol. The molecule has 0 radical (unpaired) electrons. The van der Waals surface area contributed by atoms with Crippen molar-refractivity contribution in [2.45, 2.75) is 19.9 Å². The van der Waals surface area contributed by atoms with Crippen molar-refractivity contribution >= 4 is 45.5 Å². The molecule has 1 fully saturated rings. The summed E-state index contributed by atoms with van der Waals surface area (Å²) < 4.78 is 5.55. The highest BCUT2D eigenvalue weighted by molar-refractivity contribution is 7.16. The van der Waals surface area contributed by atoms with Crippen molar-refractivity contribution in [1.29, 1.82) is 0 Å². The van der Waals surface area contributed by atoms with Gasteiger partial charge in [0.25, 0.3) is 5.78 Å². The van der Waals surface area contributed by atoms with Crippen LogP contribution in [0.15, 0.2) is 66.8 Å². The summed E-state index contributed by atoms with van der Waals surface area (Å²) in [6.45, 7) is 7.74. The number of amides is 1. The minimum Gasteiger partial charge on any atom is -0.507 e. The molecule has 1 aliphatic heterocycles. The van der Waals surface area contributed by atoms with Crippen molar-refractivity contribution in [2.75, 3.05) is 11.5 Å². The average Bonchev–Trinajstić information content (AvgIpc) is 3.28. The van der Waals surface area contributed by atoms with Crippen molar-refractivity contribution in [1.82, 2.24) is 4.98 Å². The molecule has 0 saturated carbocycles. The van der Waals surface area contributed by atoms with Gasteiger partial charge in [0.05, 0.1) is 17.3 Å². The number of anilines is 1. The third-order valence-electron chi connectivity index (χ3n) is 5.35. The van der Waals surface area contributed by atoms with Crippen LogP contribution in [0.5, 0.6) is 5.75 Å². The van der Waals surface area contributed by atoms with Crippen LogP contribution in [0.2, 0.25) is 5.02 Å². The van der Waals surface area contributed by atoms with Gasteiger partial charge in [-0.1, -0.05) is 36.4 Å². The van der Waals surface area contributed by atoms with Crippen LogP contribution in [-0.2, 0) is 9.59 Å². The summed E-state index contributed by atoms with van der Waals surface area (Å²) >= 11 is 7.30. The predicted molar refractivity (Wildman–Crippen MR) is 130 cm³/mol. The molecule has 0 aliphatic carbocycles. The lowest BCUT2D eigenvalue weighted by Gasteiger charge is -2.23. The Hall–Kier alpha value is -3.42. The molecule has 3 aromatic rings. The molecule has 1 saturated heterocycles. The van der Waals surface area contributed by atoms with Crippen molar-refractivity contribution in [3.8, 4) is 5.75 Å². The minimum absolute atomic E-state index is 0.00686. The van der Waals surface area contributed by atoms with Crippen LogP contribution < -0.4 is 9.64 Å². The highest BCUT2D eigenvalue weighted by Crippen LogP contribution is 2.44. The number of carbonyl (C=O) groups excluding carboxylic acids is 2. The third kappa shape index (κ3) is 4.29. The Labute approximate surface area is 200 Å². The molecule has 168 valence electrons. The van der Waals surface area contributed by atoms with Crippen molar-refractivity contribution in [3.05, 3.63) is 93.5 Å². The number of carbonyl (C=O) groups is 2. The number of benzene rings is 2. The molecular weight excluding hydrogens is 460 g/mol. The standard InChI is InChI=1S/C25H21ClN2O4S/c1-4-13-32-19-11-7-16(8-12-19)21-20(22(29)17-5-9-18(26)10-6-17)23(30)24(31)28(21)25-27-14(2)15(3)33-25/h4-12,21,29H,1,13H2,2-3H3/t21-/m0/s1. The number of ketones is 1. The van der Waals surface area contributed by atoms with Crippen LogP contribution in [0.4, 0.5) is 5.13 Å². The second kappa shape index (κ2) is 9.21. The summed E-state index contributed by atoms with van der Waals surface area (Å²) in [4.78, 5) is 33.1. The Balaban J connectivity index is 1.88. The maximum absolute atomic E-state index is 13.2. The van der Waals surface area contributed by atoms with E-state index in [0.717, 1.165) is 10.6 Å². The first-order chi connectivity index (χ1) is 15.8. The van der Waals surface area contributed by atoms with E-state index in [1.807, 2.05) is 13.8 Å². The number of aliphatic hydroxyl groups is 1. The largest absolute Gasteiger partial charge is 0.507 e. The van der Waals surface area contributed by atoms with Crippen LogP contribution in [0.1, 0.15) is 27.7 Å². The van der Waals surface area contributed by atoms with Crippen LogP contribution in [0.3, 0.4) is 0 Å². The number of aryl methyl sites for hydroxylation is 2. The van der Waals surface area contributed by atoms with Gasteiger partial charge in [-0.15, -0.1) is 11.3 Å². The highest BCUT2D eigenvalue weighted by Gasteiger charge is 2.48. The Morgan fingerprint density at radius 1 is 1.18 bits per heavy atom. The molecule has 1 atom stereocenters. The molecule has 1 aliphatic rings. The quantitative estimate of drug-likeness (QED) is 0.215. The van der Waals surface area contributed by atoms with Crippen molar-refractivity contribution in [3.63, 3.8) is 0 Å². The molecular formula is C25H21ClN2O4S. The number of rotatable bonds is 6. The summed E-state index contributed by atoms with van der Waals surface area (Å²) in [5.41, 5.74) is 1.80. The van der Waals surface area contributed by atoms with Gasteiger partial charge in [-0.25, -0.2) is 4.98 Å². The number of hydrogen-bond acceptors (Lipinski definition) is 6. The fraction of sp³-hybridized carbons (Fsp3) is 0.160. The van der Waals surface area contributed by atoms with Gasteiger partial charge in [-0.2, -0.15) is 0 Å². The number of nitrogens with zero attached hydrogens (tertiary/aromatic N) is 2. The lowest BCUT2D eigenvalue weighted by Crippen LogP contribution is -2.29. The van der Waals surface area contributed by atoms with E-state index in [2.05, 4.69) is 11.6 Å². The molecule has 2 heterocycles. The number of aromatic nitrogens is 1. The fourth-order valence-corrected chi connectivity index (χ4v) is 4.63. The van der Waals surface area contributed by atoms with Crippen LogP contribution in [0, 0.1) is 13.8 Å². The topological polar surface area (TPSA) is 79.7 Å². The van der Waals surface area contributed by atoms with Gasteiger partial charge in [0.2, 0.25) is 0 Å². The van der Waals surface area contributed by atoms with Crippen LogP contribution in [0.25, 0.3) is 5.76 Å². The van der Waals surface area contributed by atoms with E-state index < -0.39 is 17.7 Å². The second-order valence-corrected chi connectivity index (χ2v) is 9.10. The maximum Gasteiger partial charge on any atom is 0.301 e. The summed E-state index contributed by atoms with van der Waals surface area (Å²) in [5.74, 6) is -1.16. The lowest BCUT2D eigenvalue weighted by atomic mass is 9.95. The summed E-state index contributed by atoms with van der Waals surface area (Å²) in [6, 6.07) is 12.6. The zero-order valence-corrected chi connectivity index (χ0v) is 19.6. The Bertz CT molecular complexity index is 1240. The maximum atomic E-state index is 13.2. The molecule has 1 amide bonds. The van der Waals surface area contributed by atoms with Gasteiger partial charge in [0.1, 0.15) is 18.1 Å². The number of thiazole rings is 1. The molecule has 1 N–H and O–H groups in total. The molecule has 1 aromatic heterocycles. The number of halogens is 1. The smallest absolute Gasteiger partial charge is 0.301 e. The second-order valence-electron chi connectivity index (χ2n) is 7.48. The van der Waals surface area contributed by atoms with E-state index in [4.69, 9.17) is 16.3 Å². The van der Waals surface area contributed by atoms with E-state index in [9.17, 15) is 14.7 Å². The molecule has 2 aromatic carbocycles. The Morgan fingerprint density at radius 2 is 1.85 bits per heavy atom. The molecule has 33 heavy (non-hydrogen) atoms. The van der Waals surface area contributed by atoms with Gasteiger partial charge in [0, 0.05) is 15.5 Å². The Morgan fingerprint density at radius 3 is 2.42 bits per heavy atom. The van der Waals surface area contributed by atoms with Gasteiger partial charge in [0.15, 0.2) is 5.13 Å². The van der Waals surface area contributed by atoms with Crippen molar-refractivity contribution < 1.29 is 19.4 Å². The van der Waals surface area contributed by atoms with E-state index in [-0.39, 0.29) is 11.3 Å². The molecule has 0 bridgehead atoms. The van der Waals surface area contributed by atoms with E-state index >= 15 is 0 Å². The fourth-order valence-electron chi connectivity index (χ4n) is 3.57. The zero-order valence-electron chi connectivity index (χ0n) is 18.0. The molecule has 8 heteroatoms. The minimum atomic E-state index is -0.848. The number of aliphatic hydroxyl groups excluding tert-OH is 1. The lowest BCUT2D eigenvalue weighted by molar-refractivity contribution is -0.132. The van der Waals surface area contributed by atoms with Crippen LogP contribution >= 0.6 is 22.9 Å². The Kier molecular flexibility index (Phi) is 6.35. The summed E-state index contributed by atoms with van der Waals surface area (Å²) in [6.07, 6.45) is 1.64. The first kappa shape index (κ1) is 22.8. The number of ether oxygens (including phenoxy) is 1. The van der Waals surface area contributed by atoms with Gasteiger partial charge >= 0.3 is 5.91 Å². The summed E-state index contributed by atoms with van der Waals surface area (Å²) in [7, 11) is 0. The van der Waals surface area contributed by atoms with E-state index in [1.54, 1.807) is 54.6 Å². The molecule has 4 rings (SSSR count). The van der Waals surface area contributed by atoms with Crippen molar-refractivity contribution in [2.24, 2.45) is 0 Å². The SMILES string of the molecule is C=CCOc1ccc([C@H]2C(=C(O)c3ccc(Cl)cc3)C(=O)C(=O)N2c2nc(C)c(C)s2)cc1. The predicted octanol–water partition coefficient (Wildman–Crippen LogP) is 5.60. The van der Waals surface area contributed by atoms with Gasteiger partial charge < -0.3 is 9.84 Å². The van der Waals surface area contributed by atoms with E-state index in [0.29, 0.717) is 33.6 Å². The number of hydrogen-bond donors (Lipinski definition) is 1. The third-order valence-corrected chi connectivity index (χ3v) is 6.67. The monoisotopic (exact) mass is 480 g/mol. The summed E-state index contributed by atoms with van der Waals surface area (Å²) in [5, 5.41) is 12.0. The van der Waals surface area contributed by atoms with E-state index in [1.165, 1.54) is 16.2 Å². The first-order valence-corrected chi connectivity index (χ1v) is 11.4. The van der Waals surface area contributed by atoms with Crippen LogP contribution in [-0.4, -0.2) is 28.4 Å².